The molecular weight excluding hydrogens is 395 g/mol. The minimum Gasteiger partial charge on any atom is -0.483 e. The van der Waals surface area contributed by atoms with Gasteiger partial charge in [-0.05, 0) is 35.9 Å². The maximum atomic E-state index is 13.4. The Bertz CT molecular complexity index is 935. The Kier molecular flexibility index (Phi) is 5.98. The zero-order chi connectivity index (χ0) is 19.4. The number of nitrogens with one attached hydrogen (secondary N) is 1. The summed E-state index contributed by atoms with van der Waals surface area (Å²) in [6.45, 7) is 0.186. The molecular formula is C18H18ClFN2O4S. The molecule has 144 valence electrons. The molecule has 0 saturated heterocycles. The molecule has 1 aliphatic heterocycles. The van der Waals surface area contributed by atoms with Gasteiger partial charge in [-0.25, -0.2) is 17.5 Å². The fraction of sp³-hybridized carbons (Fsp3) is 0.278. The number of carbonyl (C=O) groups is 1. The van der Waals surface area contributed by atoms with Crippen molar-refractivity contribution in [2.75, 3.05) is 19.7 Å². The first-order valence-corrected chi connectivity index (χ1v) is 10.3. The second-order valence-electron chi connectivity index (χ2n) is 6.14. The number of hydrogen-bond acceptors (Lipinski definition) is 4. The minimum atomic E-state index is -3.56. The van der Waals surface area contributed by atoms with Crippen LogP contribution in [0.5, 0.6) is 5.75 Å². The van der Waals surface area contributed by atoms with Crippen LogP contribution in [-0.2, 0) is 27.1 Å². The summed E-state index contributed by atoms with van der Waals surface area (Å²) in [5.41, 5.74) is 1.15. The summed E-state index contributed by atoms with van der Waals surface area (Å²) in [7, 11) is -3.56. The van der Waals surface area contributed by atoms with Crippen LogP contribution in [0.3, 0.4) is 0 Å². The SMILES string of the molecule is O=C1COc2ccc(F)cc2CN1CCNS(=O)(=O)Cc1ccc(Cl)cc1. The number of amides is 1. The van der Waals surface area contributed by atoms with E-state index in [1.165, 1.54) is 23.1 Å². The normalized spacial score (nSPS) is 14.4. The van der Waals surface area contributed by atoms with Crippen LogP contribution < -0.4 is 9.46 Å². The predicted molar refractivity (Wildman–Crippen MR) is 99.4 cm³/mol. The highest BCUT2D eigenvalue weighted by molar-refractivity contribution is 7.88. The largest absolute Gasteiger partial charge is 0.483 e. The van der Waals surface area contributed by atoms with E-state index in [-0.39, 0.29) is 37.9 Å². The third-order valence-corrected chi connectivity index (χ3v) is 5.67. The molecule has 3 rings (SSSR count). The smallest absolute Gasteiger partial charge is 0.260 e. The molecule has 1 heterocycles. The lowest BCUT2D eigenvalue weighted by molar-refractivity contribution is -0.133. The Hall–Kier alpha value is -2.16. The van der Waals surface area contributed by atoms with Crippen molar-refractivity contribution in [3.05, 3.63) is 64.4 Å². The van der Waals surface area contributed by atoms with Crippen LogP contribution in [0, 0.1) is 5.82 Å². The summed E-state index contributed by atoms with van der Waals surface area (Å²) in [4.78, 5) is 13.6. The topological polar surface area (TPSA) is 75.7 Å². The van der Waals surface area contributed by atoms with Crippen molar-refractivity contribution in [1.82, 2.24) is 9.62 Å². The van der Waals surface area contributed by atoms with Gasteiger partial charge in [-0.1, -0.05) is 23.7 Å². The number of sulfonamides is 1. The van der Waals surface area contributed by atoms with Crippen molar-refractivity contribution in [3.8, 4) is 5.75 Å². The van der Waals surface area contributed by atoms with E-state index in [1.54, 1.807) is 24.3 Å². The predicted octanol–water partition coefficient (Wildman–Crippen LogP) is 2.32. The molecule has 9 heteroatoms. The third-order valence-electron chi connectivity index (χ3n) is 4.06. The zero-order valence-electron chi connectivity index (χ0n) is 14.3. The van der Waals surface area contributed by atoms with E-state index in [1.807, 2.05) is 0 Å². The number of nitrogens with zero attached hydrogens (tertiary/aromatic N) is 1. The first-order chi connectivity index (χ1) is 12.8. The summed E-state index contributed by atoms with van der Waals surface area (Å²) >= 11 is 5.79. The van der Waals surface area contributed by atoms with Gasteiger partial charge in [0.1, 0.15) is 11.6 Å². The second kappa shape index (κ2) is 8.24. The molecule has 0 bridgehead atoms. The number of ether oxygens (including phenoxy) is 1. The molecule has 0 radical (unpaired) electrons. The molecule has 6 nitrogen and oxygen atoms in total. The van der Waals surface area contributed by atoms with Gasteiger partial charge in [-0.3, -0.25) is 4.79 Å². The zero-order valence-corrected chi connectivity index (χ0v) is 15.9. The average Bonchev–Trinajstić information content (AvgIpc) is 2.76. The molecule has 0 spiro atoms. The average molecular weight is 413 g/mol. The maximum Gasteiger partial charge on any atom is 0.260 e. The van der Waals surface area contributed by atoms with E-state index in [9.17, 15) is 17.6 Å². The molecule has 0 fully saturated rings. The van der Waals surface area contributed by atoms with Crippen LogP contribution >= 0.6 is 11.6 Å². The Morgan fingerprint density at radius 2 is 1.93 bits per heavy atom. The van der Waals surface area contributed by atoms with Crippen molar-refractivity contribution in [2.45, 2.75) is 12.3 Å². The van der Waals surface area contributed by atoms with Crippen LogP contribution in [0.2, 0.25) is 5.02 Å². The van der Waals surface area contributed by atoms with E-state index in [4.69, 9.17) is 16.3 Å². The lowest BCUT2D eigenvalue weighted by atomic mass is 10.2. The highest BCUT2D eigenvalue weighted by Gasteiger charge is 2.22. The van der Waals surface area contributed by atoms with Crippen LogP contribution in [-0.4, -0.2) is 38.9 Å². The van der Waals surface area contributed by atoms with Crippen molar-refractivity contribution in [1.29, 1.82) is 0 Å². The second-order valence-corrected chi connectivity index (χ2v) is 8.38. The molecule has 0 aromatic heterocycles. The number of carbonyl (C=O) groups excluding carboxylic acids is 1. The molecule has 0 aliphatic carbocycles. The fourth-order valence-electron chi connectivity index (χ4n) is 2.73. The quantitative estimate of drug-likeness (QED) is 0.790. The summed E-state index contributed by atoms with van der Waals surface area (Å²) in [5.74, 6) is -0.440. The Labute approximate surface area is 161 Å². The monoisotopic (exact) mass is 412 g/mol. The number of hydrogen-bond donors (Lipinski definition) is 1. The van der Waals surface area contributed by atoms with E-state index < -0.39 is 15.8 Å². The van der Waals surface area contributed by atoms with Crippen LogP contribution in [0.1, 0.15) is 11.1 Å². The summed E-state index contributed by atoms with van der Waals surface area (Å²) in [6, 6.07) is 10.6. The lowest BCUT2D eigenvalue weighted by Crippen LogP contribution is -2.39. The Morgan fingerprint density at radius 1 is 1.19 bits per heavy atom. The van der Waals surface area contributed by atoms with Gasteiger partial charge >= 0.3 is 0 Å². The van der Waals surface area contributed by atoms with E-state index in [2.05, 4.69) is 4.72 Å². The van der Waals surface area contributed by atoms with Crippen LogP contribution in [0.15, 0.2) is 42.5 Å². The third kappa shape index (κ3) is 5.41. The fourth-order valence-corrected chi connectivity index (χ4v) is 3.99. The van der Waals surface area contributed by atoms with Crippen molar-refractivity contribution in [3.63, 3.8) is 0 Å². The van der Waals surface area contributed by atoms with Gasteiger partial charge < -0.3 is 9.64 Å². The molecule has 1 amide bonds. The Balaban J connectivity index is 1.58. The van der Waals surface area contributed by atoms with Gasteiger partial charge in [0.2, 0.25) is 10.0 Å². The highest BCUT2D eigenvalue weighted by Crippen LogP contribution is 2.24. The van der Waals surface area contributed by atoms with Gasteiger partial charge in [0.25, 0.3) is 5.91 Å². The standard InChI is InChI=1S/C18H18ClFN2O4S/c19-15-3-1-13(2-4-15)12-27(24,25)21-7-8-22-10-14-9-16(20)5-6-17(14)26-11-18(22)23/h1-6,9,21H,7-8,10-12H2. The molecule has 27 heavy (non-hydrogen) atoms. The molecule has 1 aliphatic rings. The molecule has 0 unspecified atom stereocenters. The number of fused-ring (bicyclic) bond motifs is 1. The van der Waals surface area contributed by atoms with Gasteiger partial charge in [-0.2, -0.15) is 0 Å². The first-order valence-electron chi connectivity index (χ1n) is 8.23. The van der Waals surface area contributed by atoms with Crippen LogP contribution in [0.25, 0.3) is 0 Å². The van der Waals surface area contributed by atoms with Crippen molar-refractivity contribution in [2.24, 2.45) is 0 Å². The molecule has 1 N–H and O–H groups in total. The van der Waals surface area contributed by atoms with E-state index in [0.717, 1.165) is 0 Å². The van der Waals surface area contributed by atoms with Crippen LogP contribution in [0.4, 0.5) is 4.39 Å². The first kappa shape index (κ1) is 19.6. The summed E-state index contributed by atoms with van der Waals surface area (Å²) in [5, 5.41) is 0.530. The van der Waals surface area contributed by atoms with E-state index in [0.29, 0.717) is 21.9 Å². The summed E-state index contributed by atoms with van der Waals surface area (Å²) < 4.78 is 45.7. The maximum absolute atomic E-state index is 13.4. The van der Waals surface area contributed by atoms with Gasteiger partial charge in [-0.15, -0.1) is 0 Å². The van der Waals surface area contributed by atoms with Crippen molar-refractivity contribution < 1.29 is 22.3 Å². The lowest BCUT2D eigenvalue weighted by Gasteiger charge is -2.20. The summed E-state index contributed by atoms with van der Waals surface area (Å²) in [6.07, 6.45) is 0. The number of benzene rings is 2. The molecule has 2 aromatic rings. The van der Waals surface area contributed by atoms with Crippen molar-refractivity contribution >= 4 is 27.5 Å². The van der Waals surface area contributed by atoms with Gasteiger partial charge in [0.15, 0.2) is 6.61 Å². The molecule has 2 aromatic carbocycles. The highest BCUT2D eigenvalue weighted by atomic mass is 35.5. The van der Waals surface area contributed by atoms with Gasteiger partial charge in [0, 0.05) is 30.2 Å². The minimum absolute atomic E-state index is 0.0479. The molecule has 0 atom stereocenters. The molecule has 0 saturated carbocycles. The number of halogens is 2. The number of rotatable bonds is 6. The van der Waals surface area contributed by atoms with E-state index >= 15 is 0 Å². The Morgan fingerprint density at radius 3 is 2.67 bits per heavy atom. The van der Waals surface area contributed by atoms with Gasteiger partial charge in [0.05, 0.1) is 5.75 Å².